The number of benzene rings is 2. The van der Waals surface area contributed by atoms with E-state index in [2.05, 4.69) is 45.4 Å². The van der Waals surface area contributed by atoms with E-state index in [1.54, 1.807) is 81.4 Å². The second kappa shape index (κ2) is 25.7. The predicted molar refractivity (Wildman–Crippen MR) is 284 cm³/mol. The molecular weight excluding hydrogens is 1130 g/mol. The molecule has 3 saturated heterocycles. The molecule has 0 spiro atoms. The number of aromatic nitrogens is 8. The van der Waals surface area contributed by atoms with Crippen LogP contribution in [0, 0.1) is 17.9 Å². The van der Waals surface area contributed by atoms with Crippen LogP contribution < -0.4 is 10.6 Å². The average molecular weight is 1190 g/mol. The summed E-state index contributed by atoms with van der Waals surface area (Å²) in [6.45, 7) is 8.90. The van der Waals surface area contributed by atoms with E-state index in [-0.39, 0.29) is 60.0 Å². The number of anilines is 2. The molecule has 3 fully saturated rings. The normalized spacial score (nSPS) is 25.3. The number of nitriles is 1. The fourth-order valence-corrected chi connectivity index (χ4v) is 11.3. The number of alkyl halides is 1. The van der Waals surface area contributed by atoms with Gasteiger partial charge in [0, 0.05) is 38.3 Å². The smallest absolute Gasteiger partial charge is 0.444 e. The largest absolute Gasteiger partial charge is 0.475 e. The highest BCUT2D eigenvalue weighted by atomic mass is 31.2. The number of hydrogen-bond donors (Lipinski definition) is 2. The summed E-state index contributed by atoms with van der Waals surface area (Å²) in [7, 11) is -7.42. The van der Waals surface area contributed by atoms with Crippen LogP contribution in [0.4, 0.5) is 25.6 Å². The molecule has 0 radical (unpaired) electrons. The van der Waals surface area contributed by atoms with Crippen LogP contribution in [0.5, 0.6) is 0 Å². The Kier molecular flexibility index (Phi) is 18.5. The van der Waals surface area contributed by atoms with Crippen molar-refractivity contribution in [2.24, 2.45) is 0 Å². The highest BCUT2D eigenvalue weighted by Gasteiger charge is 2.57. The van der Waals surface area contributed by atoms with Crippen LogP contribution in [0.3, 0.4) is 0 Å². The fraction of sp³-hybridized carbons (Fsp3) is 0.440. The Morgan fingerprint density at radius 1 is 0.747 bits per heavy atom. The van der Waals surface area contributed by atoms with Crippen molar-refractivity contribution in [2.45, 2.75) is 81.9 Å². The van der Waals surface area contributed by atoms with Gasteiger partial charge in [-0.1, -0.05) is 36.4 Å². The summed E-state index contributed by atoms with van der Waals surface area (Å²) >= 11 is 0. The van der Waals surface area contributed by atoms with Crippen LogP contribution in [0.1, 0.15) is 60.4 Å². The standard InChI is InChI=1S/C50H55FN14O16P2/c1-50(2,3)79-49(69)63(6)21-20-62(5)48(68)78-39-38-33(77-47(39)65-29-59-36-41(55-27-57-43(36)65)61-45(67)31-16-11-8-12-17-31)25-75-83(71,73-23-19-53-4)80-37-32(24-74-82(70,81-38)72-22-13-18-52)76-46(34(37)51)64-28-58-35-40(54-26-56-42(35)64)60-44(66)30-14-9-7-10-15-30/h7-12,14-17,26-29,32-34,37-39,46-47H,13,19-25H2,1-3,5-6H3,(H,54,56,60,66)(H,55,57,61,67)/t32-,33-,34-,37-,38-,39-,46-,47-,82?,83?/m1/s1. The first-order valence-electron chi connectivity index (χ1n) is 25.5. The van der Waals surface area contributed by atoms with Gasteiger partial charge >= 0.3 is 27.8 Å². The number of imidazole rings is 2. The minimum absolute atomic E-state index is 0.0139. The number of nitrogens with zero attached hydrogens (tertiary/aromatic N) is 12. The molecule has 2 N–H and O–H groups in total. The molecule has 0 bridgehead atoms. The molecule has 33 heteroatoms. The number of ether oxygens (including phenoxy) is 4. The molecule has 4 aromatic heterocycles. The molecule has 438 valence electrons. The number of amides is 4. The lowest BCUT2D eigenvalue weighted by Gasteiger charge is -2.31. The van der Waals surface area contributed by atoms with Crippen molar-refractivity contribution in [1.82, 2.24) is 48.8 Å². The van der Waals surface area contributed by atoms with Gasteiger partial charge in [-0.25, -0.2) is 59.6 Å². The number of carbonyl (C=O) groups excluding carboxylic acids is 4. The highest BCUT2D eigenvalue weighted by molar-refractivity contribution is 7.48. The van der Waals surface area contributed by atoms with Gasteiger partial charge in [-0.15, -0.1) is 0 Å². The summed E-state index contributed by atoms with van der Waals surface area (Å²) in [4.78, 5) is 85.1. The molecule has 2 unspecified atom stereocenters. The minimum atomic E-state index is -5.13. The molecule has 2 aromatic carbocycles. The number of likely N-dealkylation sites (N-methyl/N-ethyl adjacent to an activating group) is 2. The number of fused-ring (bicyclic) bond motifs is 4. The summed E-state index contributed by atoms with van der Waals surface area (Å²) in [5, 5.41) is 14.9. The van der Waals surface area contributed by atoms with Crippen molar-refractivity contribution in [1.29, 1.82) is 5.26 Å². The van der Waals surface area contributed by atoms with Gasteiger partial charge < -0.3 is 44.2 Å². The third kappa shape index (κ3) is 13.9. The van der Waals surface area contributed by atoms with Gasteiger partial charge in [0.2, 0.25) is 6.54 Å². The van der Waals surface area contributed by atoms with E-state index in [1.165, 1.54) is 29.9 Å². The lowest BCUT2D eigenvalue weighted by molar-refractivity contribution is -0.0702. The Bertz CT molecular complexity index is 3510. The number of phosphoric ester groups is 2. The number of rotatable bonds is 16. The van der Waals surface area contributed by atoms with Crippen molar-refractivity contribution >= 4 is 73.6 Å². The van der Waals surface area contributed by atoms with E-state index in [9.17, 15) is 29.0 Å². The fourth-order valence-electron chi connectivity index (χ4n) is 8.55. The van der Waals surface area contributed by atoms with Crippen LogP contribution in [-0.4, -0.2) is 175 Å². The molecule has 9 rings (SSSR count). The Hall–Kier alpha value is -7.93. The second-order valence-corrected chi connectivity index (χ2v) is 22.8. The van der Waals surface area contributed by atoms with Crippen molar-refractivity contribution in [3.63, 3.8) is 0 Å². The summed E-state index contributed by atoms with van der Waals surface area (Å²) in [5.74, 6) is -1.16. The molecule has 7 heterocycles. The molecule has 10 atom stereocenters. The van der Waals surface area contributed by atoms with E-state index in [0.717, 1.165) is 28.4 Å². The van der Waals surface area contributed by atoms with Crippen molar-refractivity contribution in [3.05, 3.63) is 109 Å². The maximum Gasteiger partial charge on any atom is 0.475 e. The second-order valence-electron chi connectivity index (χ2n) is 19.6. The van der Waals surface area contributed by atoms with Crippen LogP contribution >= 0.6 is 15.6 Å². The Labute approximate surface area is 472 Å². The Morgan fingerprint density at radius 2 is 1.24 bits per heavy atom. The minimum Gasteiger partial charge on any atom is -0.444 e. The zero-order valence-electron chi connectivity index (χ0n) is 45.0. The van der Waals surface area contributed by atoms with Gasteiger partial charge in [-0.2, -0.15) is 5.26 Å². The van der Waals surface area contributed by atoms with Gasteiger partial charge in [0.25, 0.3) is 11.8 Å². The lowest BCUT2D eigenvalue weighted by Crippen LogP contribution is -2.44. The van der Waals surface area contributed by atoms with Gasteiger partial charge in [-0.05, 0) is 45.0 Å². The summed E-state index contributed by atoms with van der Waals surface area (Å²) in [6, 6.07) is 18.3. The zero-order chi connectivity index (χ0) is 59.1. The van der Waals surface area contributed by atoms with Gasteiger partial charge in [-0.3, -0.25) is 45.9 Å². The average Bonchev–Trinajstić information content (AvgIpc) is 2.47. The van der Waals surface area contributed by atoms with Crippen molar-refractivity contribution in [2.75, 3.05) is 70.8 Å². The van der Waals surface area contributed by atoms with Crippen LogP contribution in [0.25, 0.3) is 27.2 Å². The van der Waals surface area contributed by atoms with Crippen molar-refractivity contribution in [3.8, 4) is 6.07 Å². The van der Waals surface area contributed by atoms with Gasteiger partial charge in [0.05, 0.1) is 45.0 Å². The number of nitrogens with one attached hydrogen (secondary N) is 2. The topological polar surface area (TPSA) is 341 Å². The predicted octanol–water partition coefficient (Wildman–Crippen LogP) is 6.51. The molecule has 30 nitrogen and oxygen atoms in total. The molecular formula is C50H55FN14O16P2. The van der Waals surface area contributed by atoms with E-state index >= 15 is 8.96 Å². The number of halogens is 1. The molecule has 4 amide bonds. The SMILES string of the molecule is [C-]#[N+]CCOP1(=O)OC[C@H]2O[C@@H](n3cnc4c(NC(=O)c5ccccc5)ncnc43)[C@H](OC(=O)N(C)CCN(C)C(=O)OC(C)(C)C)[C@@H]2OP(=O)(OCCC#N)OC[C@H]2O[C@@H](n3cnc4c(NC(=O)c5ccccc5)ncnc43)[C@H](F)[C@@H]2O1. The molecule has 0 aliphatic carbocycles. The zero-order valence-corrected chi connectivity index (χ0v) is 46.8. The van der Waals surface area contributed by atoms with E-state index in [1.807, 2.05) is 6.07 Å². The van der Waals surface area contributed by atoms with Crippen LogP contribution in [0.2, 0.25) is 0 Å². The van der Waals surface area contributed by atoms with E-state index in [0.29, 0.717) is 11.1 Å². The molecule has 3 aliphatic rings. The third-order valence-electron chi connectivity index (χ3n) is 12.6. The quantitative estimate of drug-likeness (QED) is 0.0592. The summed E-state index contributed by atoms with van der Waals surface area (Å²) in [6.07, 6.45) is -12.1. The number of hydrogen-bond acceptors (Lipinski definition) is 23. The van der Waals surface area contributed by atoms with Crippen molar-refractivity contribution < 1.29 is 78.8 Å². The molecule has 3 aliphatic heterocycles. The Morgan fingerprint density at radius 3 is 1.77 bits per heavy atom. The third-order valence-corrected chi connectivity index (χ3v) is 15.5. The van der Waals surface area contributed by atoms with E-state index in [4.69, 9.17) is 52.7 Å². The van der Waals surface area contributed by atoms with Crippen LogP contribution in [-0.2, 0) is 55.2 Å². The van der Waals surface area contributed by atoms with Gasteiger partial charge in [0.15, 0.2) is 58.7 Å². The van der Waals surface area contributed by atoms with Gasteiger partial charge in [0.1, 0.15) is 49.3 Å². The first-order valence-corrected chi connectivity index (χ1v) is 28.4. The molecule has 83 heavy (non-hydrogen) atoms. The molecule has 6 aromatic rings. The number of phosphoric acid groups is 2. The monoisotopic (exact) mass is 1190 g/mol. The highest BCUT2D eigenvalue weighted by Crippen LogP contribution is 2.58. The maximum atomic E-state index is 17.4. The van der Waals surface area contributed by atoms with E-state index < -0.39 is 121 Å². The number of carbonyl (C=O) groups is 4. The first-order chi connectivity index (χ1) is 39.8. The Balaban J connectivity index is 1.06. The maximum absolute atomic E-state index is 17.4. The summed E-state index contributed by atoms with van der Waals surface area (Å²) < 4.78 is 110. The van der Waals surface area contributed by atoms with Crippen LogP contribution in [0.15, 0.2) is 86.0 Å². The first kappa shape index (κ1) is 59.7. The lowest BCUT2D eigenvalue weighted by atomic mass is 10.1. The summed E-state index contributed by atoms with van der Waals surface area (Å²) in [5.41, 5.74) is -0.247. The molecule has 0 saturated carbocycles.